The predicted octanol–water partition coefficient (Wildman–Crippen LogP) is 5.00. The smallest absolute Gasteiger partial charge is 0.0607 e. The third-order valence-electron chi connectivity index (χ3n) is 4.81. The lowest BCUT2D eigenvalue weighted by Crippen LogP contribution is -2.06. The molecular formula is C20H20Si. The highest BCUT2D eigenvalue weighted by molar-refractivity contribution is 6.65. The van der Waals surface area contributed by atoms with Crippen LogP contribution in [0.1, 0.15) is 23.1 Å². The zero-order valence-electron chi connectivity index (χ0n) is 12.7. The second-order valence-corrected chi connectivity index (χ2v) is 9.37. The van der Waals surface area contributed by atoms with E-state index in [4.69, 9.17) is 0 Å². The Morgan fingerprint density at radius 3 is 2.48 bits per heavy atom. The van der Waals surface area contributed by atoms with Gasteiger partial charge in [0.2, 0.25) is 0 Å². The summed E-state index contributed by atoms with van der Waals surface area (Å²) in [4.78, 5) is 0. The van der Waals surface area contributed by atoms with E-state index in [-0.39, 0.29) is 0 Å². The number of fused-ring (bicyclic) bond motifs is 3. The van der Waals surface area contributed by atoms with Gasteiger partial charge >= 0.3 is 0 Å². The normalized spacial score (nSPS) is 15.8. The van der Waals surface area contributed by atoms with Gasteiger partial charge in [0.15, 0.2) is 0 Å². The van der Waals surface area contributed by atoms with Crippen LogP contribution in [0.5, 0.6) is 0 Å². The predicted molar refractivity (Wildman–Crippen MR) is 94.2 cm³/mol. The van der Waals surface area contributed by atoms with Gasteiger partial charge in [-0.15, -0.1) is 0 Å². The van der Waals surface area contributed by atoms with Crippen molar-refractivity contribution in [1.82, 2.24) is 0 Å². The van der Waals surface area contributed by atoms with E-state index in [1.807, 2.05) is 0 Å². The van der Waals surface area contributed by atoms with E-state index in [0.29, 0.717) is 0 Å². The molecule has 0 heterocycles. The quantitative estimate of drug-likeness (QED) is 0.582. The van der Waals surface area contributed by atoms with Crippen LogP contribution < -0.4 is 0 Å². The minimum atomic E-state index is -0.736. The number of allylic oxidation sites excluding steroid dienone is 4. The van der Waals surface area contributed by atoms with Crippen molar-refractivity contribution >= 4 is 14.4 Å². The molecule has 0 saturated heterocycles. The van der Waals surface area contributed by atoms with Crippen LogP contribution in [0.25, 0.3) is 16.7 Å². The number of benzene rings is 2. The summed E-state index contributed by atoms with van der Waals surface area (Å²) < 4.78 is 0. The third kappa shape index (κ3) is 1.96. The summed E-state index contributed by atoms with van der Waals surface area (Å²) in [5.41, 5.74) is 8.90. The lowest BCUT2D eigenvalue weighted by molar-refractivity contribution is 1.25. The maximum absolute atomic E-state index is 2.44. The fourth-order valence-corrected chi connectivity index (χ4v) is 5.22. The molecule has 0 fully saturated rings. The van der Waals surface area contributed by atoms with Gasteiger partial charge in [0.25, 0.3) is 0 Å². The fourth-order valence-electron chi connectivity index (χ4n) is 3.74. The minimum Gasteiger partial charge on any atom is -0.0802 e. The van der Waals surface area contributed by atoms with Gasteiger partial charge in [0.1, 0.15) is 0 Å². The van der Waals surface area contributed by atoms with Gasteiger partial charge in [-0.05, 0) is 46.2 Å². The van der Waals surface area contributed by atoms with Crippen molar-refractivity contribution in [2.24, 2.45) is 0 Å². The summed E-state index contributed by atoms with van der Waals surface area (Å²) in [5.74, 6) is 0. The third-order valence-corrected chi connectivity index (χ3v) is 6.75. The number of hydrogen-bond acceptors (Lipinski definition) is 0. The molecule has 21 heavy (non-hydrogen) atoms. The molecule has 0 amide bonds. The van der Waals surface area contributed by atoms with E-state index in [2.05, 4.69) is 67.7 Å². The van der Waals surface area contributed by atoms with E-state index in [1.165, 1.54) is 39.8 Å². The van der Waals surface area contributed by atoms with Crippen LogP contribution in [0.2, 0.25) is 13.1 Å². The summed E-state index contributed by atoms with van der Waals surface area (Å²) in [7, 11) is -0.736. The van der Waals surface area contributed by atoms with Crippen molar-refractivity contribution in [2.45, 2.75) is 25.9 Å². The molecule has 0 aliphatic heterocycles. The van der Waals surface area contributed by atoms with Gasteiger partial charge < -0.3 is 0 Å². The molecule has 0 saturated carbocycles. The Morgan fingerprint density at radius 2 is 1.62 bits per heavy atom. The molecule has 0 nitrogen and oxygen atoms in total. The van der Waals surface area contributed by atoms with Crippen LogP contribution in [-0.4, -0.2) is 8.80 Å². The Bertz CT molecular complexity index is 778. The first-order valence-electron chi connectivity index (χ1n) is 7.86. The Labute approximate surface area is 128 Å². The first kappa shape index (κ1) is 12.8. The molecule has 0 radical (unpaired) electrons. The Morgan fingerprint density at radius 1 is 0.857 bits per heavy atom. The monoisotopic (exact) mass is 288 g/mol. The molecule has 2 aromatic carbocycles. The molecule has 0 aromatic heterocycles. The molecule has 0 bridgehead atoms. The Kier molecular flexibility index (Phi) is 2.97. The van der Waals surface area contributed by atoms with Crippen LogP contribution in [-0.2, 0) is 6.42 Å². The van der Waals surface area contributed by atoms with E-state index in [1.54, 1.807) is 5.20 Å². The summed E-state index contributed by atoms with van der Waals surface area (Å²) in [6.07, 6.45) is 6.97. The Balaban J connectivity index is 1.91. The summed E-state index contributed by atoms with van der Waals surface area (Å²) in [6, 6.07) is 15.7. The van der Waals surface area contributed by atoms with Crippen molar-refractivity contribution in [2.75, 3.05) is 0 Å². The zero-order valence-corrected chi connectivity index (χ0v) is 13.8. The molecule has 0 spiro atoms. The highest BCUT2D eigenvalue weighted by Crippen LogP contribution is 2.42. The van der Waals surface area contributed by atoms with Crippen molar-refractivity contribution in [3.8, 4) is 11.1 Å². The van der Waals surface area contributed by atoms with Crippen LogP contribution in [0.3, 0.4) is 0 Å². The van der Waals surface area contributed by atoms with Gasteiger partial charge in [-0.1, -0.05) is 72.9 Å². The van der Waals surface area contributed by atoms with Crippen molar-refractivity contribution in [3.05, 3.63) is 76.5 Å². The van der Waals surface area contributed by atoms with Gasteiger partial charge in [-0.2, -0.15) is 0 Å². The second kappa shape index (κ2) is 4.85. The first-order chi connectivity index (χ1) is 10.3. The minimum absolute atomic E-state index is 0.736. The average Bonchev–Trinajstić information content (AvgIpc) is 3.11. The maximum Gasteiger partial charge on any atom is 0.0607 e. The standard InChI is InChI=1S/C20H20Si/c1-21(2)20-12-6-11-18(20)17-10-5-9-16-15-8-4-3-7-14(15)13-19(16)17/h3-11,21H,12-13H2,1-2H3. The molecule has 0 N–H and O–H groups in total. The van der Waals surface area contributed by atoms with Gasteiger partial charge in [0, 0.05) is 0 Å². The summed E-state index contributed by atoms with van der Waals surface area (Å²) in [5, 5.41) is 1.72. The second-order valence-electron chi connectivity index (χ2n) is 6.37. The highest BCUT2D eigenvalue weighted by atomic mass is 28.3. The lowest BCUT2D eigenvalue weighted by Gasteiger charge is -2.14. The first-order valence-corrected chi connectivity index (χ1v) is 10.7. The molecule has 4 rings (SSSR count). The highest BCUT2D eigenvalue weighted by Gasteiger charge is 2.23. The van der Waals surface area contributed by atoms with Gasteiger partial charge in [-0.25, -0.2) is 0 Å². The molecule has 104 valence electrons. The lowest BCUT2D eigenvalue weighted by atomic mass is 9.96. The zero-order chi connectivity index (χ0) is 14.4. The van der Waals surface area contributed by atoms with Crippen molar-refractivity contribution < 1.29 is 0 Å². The van der Waals surface area contributed by atoms with E-state index < -0.39 is 8.80 Å². The molecule has 0 atom stereocenters. The maximum atomic E-state index is 2.44. The molecular weight excluding hydrogens is 268 g/mol. The van der Waals surface area contributed by atoms with Crippen LogP contribution in [0, 0.1) is 0 Å². The molecule has 2 aliphatic carbocycles. The van der Waals surface area contributed by atoms with E-state index in [0.717, 1.165) is 6.42 Å². The molecule has 2 aliphatic rings. The van der Waals surface area contributed by atoms with Crippen molar-refractivity contribution in [3.63, 3.8) is 0 Å². The van der Waals surface area contributed by atoms with Crippen LogP contribution in [0.15, 0.2) is 59.8 Å². The summed E-state index contributed by atoms with van der Waals surface area (Å²) >= 11 is 0. The fraction of sp³-hybridized carbons (Fsp3) is 0.200. The molecule has 1 heteroatoms. The summed E-state index contributed by atoms with van der Waals surface area (Å²) in [6.45, 7) is 4.89. The largest absolute Gasteiger partial charge is 0.0802 e. The Hall–Kier alpha value is -1.86. The number of rotatable bonds is 2. The van der Waals surface area contributed by atoms with Crippen LogP contribution >= 0.6 is 0 Å². The molecule has 0 unspecified atom stereocenters. The number of hydrogen-bond donors (Lipinski definition) is 0. The van der Waals surface area contributed by atoms with Gasteiger partial charge in [0.05, 0.1) is 8.80 Å². The van der Waals surface area contributed by atoms with Crippen molar-refractivity contribution in [1.29, 1.82) is 0 Å². The van der Waals surface area contributed by atoms with E-state index >= 15 is 0 Å². The topological polar surface area (TPSA) is 0 Å². The van der Waals surface area contributed by atoms with Crippen LogP contribution in [0.4, 0.5) is 0 Å². The molecule has 2 aromatic rings. The SMILES string of the molecule is C[SiH](C)C1=C(c2cccc3c2Cc2ccccc2-3)C=CC1. The van der Waals surface area contributed by atoms with Gasteiger partial charge in [-0.3, -0.25) is 0 Å². The van der Waals surface area contributed by atoms with E-state index in [9.17, 15) is 0 Å². The average molecular weight is 288 g/mol.